The summed E-state index contributed by atoms with van der Waals surface area (Å²) in [6, 6.07) is 11.0. The third-order valence-corrected chi connectivity index (χ3v) is 5.16. The Labute approximate surface area is 128 Å². The first-order valence-electron chi connectivity index (χ1n) is 6.32. The van der Waals surface area contributed by atoms with Crippen molar-refractivity contribution in [1.82, 2.24) is 9.78 Å². The summed E-state index contributed by atoms with van der Waals surface area (Å²) in [7, 11) is 0. The fourth-order valence-electron chi connectivity index (χ4n) is 1.69. The van der Waals surface area contributed by atoms with E-state index in [1.165, 1.54) is 4.68 Å². The van der Waals surface area contributed by atoms with Crippen LogP contribution in [0.1, 0.15) is 5.56 Å². The predicted octanol–water partition coefficient (Wildman–Crippen LogP) is 1.53. The molecule has 7 heteroatoms. The number of benzene rings is 1. The topological polar surface area (TPSA) is 81.4 Å². The van der Waals surface area contributed by atoms with Crippen LogP contribution in [0.25, 0.3) is 0 Å². The van der Waals surface area contributed by atoms with Gasteiger partial charge in [-0.2, -0.15) is 0 Å². The van der Waals surface area contributed by atoms with Crippen LogP contribution >= 0.6 is 0 Å². The van der Waals surface area contributed by atoms with Gasteiger partial charge in [-0.1, -0.05) is 0 Å². The van der Waals surface area contributed by atoms with E-state index in [4.69, 9.17) is 4.74 Å². The number of ether oxygens (including phenoxy) is 1. The molecule has 6 nitrogen and oxygen atoms in total. The third kappa shape index (κ3) is 5.08. The molecule has 1 heterocycles. The summed E-state index contributed by atoms with van der Waals surface area (Å²) in [5, 5.41) is 13.1. The number of nitrogens with zero attached hydrogens (tertiary/aromatic N) is 2. The van der Waals surface area contributed by atoms with Crippen LogP contribution in [-0.4, -0.2) is 41.4 Å². The summed E-state index contributed by atoms with van der Waals surface area (Å²) in [4.78, 5) is 23.0. The maximum atomic E-state index is 11.8. The van der Waals surface area contributed by atoms with Crippen molar-refractivity contribution >= 4 is 26.5 Å². The second kappa shape index (κ2) is 7.64. The number of carboxylic acids is 1. The number of aromatic nitrogens is 2. The van der Waals surface area contributed by atoms with E-state index in [2.05, 4.69) is 5.10 Å². The van der Waals surface area contributed by atoms with Crippen LogP contribution in [0.4, 0.5) is 4.79 Å². The summed E-state index contributed by atoms with van der Waals surface area (Å²) >= 11 is -1.42. The second-order valence-electron chi connectivity index (χ2n) is 4.32. The summed E-state index contributed by atoms with van der Waals surface area (Å²) in [6.45, 7) is 0.375. The van der Waals surface area contributed by atoms with Crippen molar-refractivity contribution in [1.29, 1.82) is 0 Å². The minimum atomic E-state index is -1.42. The van der Waals surface area contributed by atoms with Gasteiger partial charge in [0.25, 0.3) is 0 Å². The van der Waals surface area contributed by atoms with Crippen molar-refractivity contribution in [3.63, 3.8) is 0 Å². The van der Waals surface area contributed by atoms with Gasteiger partial charge in [0.05, 0.1) is 0 Å². The quantitative estimate of drug-likeness (QED) is 0.766. The molecular weight excluding hydrogens is 335 g/mol. The average Bonchev–Trinajstić information content (AvgIpc) is 2.98. The number of carbonyl (C=O) groups excluding carboxylic acids is 1. The number of rotatable bonds is 7. The van der Waals surface area contributed by atoms with Crippen LogP contribution in [0, 0.1) is 0 Å². The molecule has 0 aliphatic carbocycles. The maximum absolute atomic E-state index is 11.8. The molecule has 2 aromatic rings. The fourth-order valence-corrected chi connectivity index (χ4v) is 3.45. The van der Waals surface area contributed by atoms with Crippen molar-refractivity contribution in [2.24, 2.45) is 0 Å². The van der Waals surface area contributed by atoms with Gasteiger partial charge in [-0.3, -0.25) is 0 Å². The molecule has 0 aliphatic heterocycles. The van der Waals surface area contributed by atoms with Gasteiger partial charge in [0.2, 0.25) is 0 Å². The zero-order chi connectivity index (χ0) is 15.1. The molecular formula is C14H15AsN2O4. The van der Waals surface area contributed by atoms with Crippen molar-refractivity contribution in [3.8, 4) is 0 Å². The van der Waals surface area contributed by atoms with Crippen LogP contribution in [0.2, 0.25) is 4.71 Å². The summed E-state index contributed by atoms with van der Waals surface area (Å²) in [5.74, 6) is -0.984. The number of aliphatic carboxylic acids is 1. The Bertz CT molecular complexity index is 586. The molecule has 0 saturated heterocycles. The Morgan fingerprint density at radius 1 is 1.29 bits per heavy atom. The Kier molecular flexibility index (Phi) is 5.58. The average molecular weight is 350 g/mol. The van der Waals surface area contributed by atoms with Crippen LogP contribution < -0.4 is 0 Å². The van der Waals surface area contributed by atoms with Gasteiger partial charge in [-0.15, -0.1) is 0 Å². The normalized spacial score (nSPS) is 12.4. The van der Waals surface area contributed by atoms with Crippen LogP contribution in [0.3, 0.4) is 0 Å². The zero-order valence-corrected chi connectivity index (χ0v) is 13.3. The molecule has 1 aromatic carbocycles. The zero-order valence-electron chi connectivity index (χ0n) is 11.2. The van der Waals surface area contributed by atoms with Crippen LogP contribution in [0.5, 0.6) is 0 Å². The Balaban J connectivity index is 1.85. The van der Waals surface area contributed by atoms with Gasteiger partial charge in [0.15, 0.2) is 0 Å². The predicted molar refractivity (Wildman–Crippen MR) is 77.4 cm³/mol. The van der Waals surface area contributed by atoms with Gasteiger partial charge in [-0.05, 0) is 0 Å². The van der Waals surface area contributed by atoms with Crippen molar-refractivity contribution in [3.05, 3.63) is 54.4 Å². The number of carbonyl (C=O) groups is 2. The molecule has 1 aromatic heterocycles. The van der Waals surface area contributed by atoms with Crippen molar-refractivity contribution < 1.29 is 19.4 Å². The monoisotopic (exact) mass is 350 g/mol. The van der Waals surface area contributed by atoms with E-state index in [9.17, 15) is 14.7 Å². The van der Waals surface area contributed by atoms with E-state index in [1.807, 2.05) is 30.3 Å². The molecule has 2 atom stereocenters. The molecule has 110 valence electrons. The molecule has 0 fully saturated rings. The fraction of sp³-hybridized carbons (Fsp3) is 0.214. The van der Waals surface area contributed by atoms with E-state index in [0.717, 1.165) is 5.56 Å². The molecule has 0 saturated carbocycles. The molecule has 1 N–H and O–H groups in total. The number of hydrogen-bond donors (Lipinski definition) is 1. The van der Waals surface area contributed by atoms with Gasteiger partial charge in [-0.25, -0.2) is 0 Å². The Morgan fingerprint density at radius 3 is 2.67 bits per heavy atom. The van der Waals surface area contributed by atoms with Gasteiger partial charge >= 0.3 is 128 Å². The van der Waals surface area contributed by atoms with Crippen LogP contribution in [-0.2, 0) is 22.7 Å². The SMILES string of the molecule is O=C(OCc1ccccc1)[AsH]C(Cn1cccn1)C(=O)O. The first-order valence-corrected chi connectivity index (χ1v) is 8.58. The van der Waals surface area contributed by atoms with Gasteiger partial charge in [0, 0.05) is 0 Å². The molecule has 2 rings (SSSR count). The molecule has 0 bridgehead atoms. The Hall–Kier alpha value is -2.07. The van der Waals surface area contributed by atoms with Crippen molar-refractivity contribution in [2.45, 2.75) is 17.9 Å². The Morgan fingerprint density at radius 2 is 2.05 bits per heavy atom. The van der Waals surface area contributed by atoms with Gasteiger partial charge in [0.1, 0.15) is 0 Å². The van der Waals surface area contributed by atoms with E-state index in [0.29, 0.717) is 0 Å². The van der Waals surface area contributed by atoms with E-state index in [-0.39, 0.29) is 13.2 Å². The van der Waals surface area contributed by atoms with E-state index < -0.39 is 31.2 Å². The first kappa shape index (κ1) is 15.3. The van der Waals surface area contributed by atoms with E-state index >= 15 is 0 Å². The molecule has 2 unspecified atom stereocenters. The third-order valence-electron chi connectivity index (χ3n) is 2.73. The molecule has 21 heavy (non-hydrogen) atoms. The summed E-state index contributed by atoms with van der Waals surface area (Å²) in [5.41, 5.74) is 0.886. The summed E-state index contributed by atoms with van der Waals surface area (Å²) in [6.07, 6.45) is 3.25. The second-order valence-corrected chi connectivity index (χ2v) is 7.25. The standard InChI is InChI=1S/C14H15AsN2O4/c18-13(19)12(9-17-8-4-7-16-17)15-14(20)21-10-11-5-2-1-3-6-11/h1-8,12,15H,9-10H2,(H,18,19). The number of hydrogen-bond acceptors (Lipinski definition) is 4. The number of carboxylic acid groups (broad SMARTS) is 1. The first-order chi connectivity index (χ1) is 10.1. The van der Waals surface area contributed by atoms with Crippen LogP contribution in [0.15, 0.2) is 48.8 Å². The molecule has 0 spiro atoms. The molecule has 0 amide bonds. The molecule has 0 radical (unpaired) electrons. The molecule has 0 aliphatic rings. The van der Waals surface area contributed by atoms with Gasteiger partial charge < -0.3 is 0 Å². The summed E-state index contributed by atoms with van der Waals surface area (Å²) < 4.78 is 5.54. The van der Waals surface area contributed by atoms with Crippen molar-refractivity contribution in [2.75, 3.05) is 0 Å². The van der Waals surface area contributed by atoms with E-state index in [1.54, 1.807) is 18.5 Å². The minimum absolute atomic E-state index is 0.178.